The normalized spacial score (nSPS) is 15.7. The monoisotopic (exact) mass is 489 g/mol. The second-order valence-corrected chi connectivity index (χ2v) is 8.63. The number of halogens is 4. The molecule has 1 N–H and O–H groups in total. The minimum absolute atomic E-state index is 0.0616. The number of rotatable bonds is 5. The zero-order valence-electron chi connectivity index (χ0n) is 14.5. The van der Waals surface area contributed by atoms with E-state index in [0.29, 0.717) is 27.3 Å². The summed E-state index contributed by atoms with van der Waals surface area (Å²) in [4.78, 5) is 16.8. The van der Waals surface area contributed by atoms with E-state index < -0.39 is 0 Å². The Labute approximate surface area is 182 Å². The lowest BCUT2D eigenvalue weighted by Gasteiger charge is -2.34. The van der Waals surface area contributed by atoms with E-state index in [0.717, 1.165) is 42.8 Å². The zero-order chi connectivity index (χ0) is 19.4. The number of amides is 1. The van der Waals surface area contributed by atoms with Gasteiger partial charge in [-0.25, -0.2) is 0 Å². The molecular formula is C19H19BrCl3N3O. The van der Waals surface area contributed by atoms with Gasteiger partial charge < -0.3 is 5.32 Å². The fourth-order valence-electron chi connectivity index (χ4n) is 2.98. The maximum atomic E-state index is 12.3. The Hall–Kier alpha value is -0.820. The van der Waals surface area contributed by atoms with Gasteiger partial charge in [-0.3, -0.25) is 14.6 Å². The number of anilines is 1. The second kappa shape index (κ2) is 9.59. The molecule has 1 aliphatic rings. The molecule has 1 aliphatic heterocycles. The molecule has 0 bridgehead atoms. The molecule has 1 heterocycles. The van der Waals surface area contributed by atoms with Gasteiger partial charge in [0.1, 0.15) is 0 Å². The molecule has 0 aliphatic carbocycles. The molecule has 2 aromatic rings. The largest absolute Gasteiger partial charge is 0.324 e. The minimum atomic E-state index is -0.0616. The van der Waals surface area contributed by atoms with Crippen molar-refractivity contribution in [3.63, 3.8) is 0 Å². The third-order valence-electron chi connectivity index (χ3n) is 4.45. The Morgan fingerprint density at radius 3 is 2.33 bits per heavy atom. The molecule has 4 nitrogen and oxygen atoms in total. The Balaban J connectivity index is 1.47. The second-order valence-electron chi connectivity index (χ2n) is 6.46. The van der Waals surface area contributed by atoms with Gasteiger partial charge in [-0.15, -0.1) is 0 Å². The van der Waals surface area contributed by atoms with E-state index in [4.69, 9.17) is 34.8 Å². The Bertz CT molecular complexity index is 826. The Morgan fingerprint density at radius 1 is 0.963 bits per heavy atom. The topological polar surface area (TPSA) is 35.6 Å². The summed E-state index contributed by atoms with van der Waals surface area (Å²) in [6, 6.07) is 11.0. The standard InChI is InChI=1S/C19H19BrCl3N3O/c20-14-2-4-18(17(23)9-14)24-19(27)12-26-7-5-25(6-8-26)11-13-1-3-15(21)10-16(13)22/h1-4,9-10H,5-8,11-12H2,(H,24,27). The van der Waals surface area contributed by atoms with E-state index in [-0.39, 0.29) is 5.91 Å². The fraction of sp³-hybridized carbons (Fsp3) is 0.316. The van der Waals surface area contributed by atoms with E-state index in [1.165, 1.54) is 0 Å². The molecule has 1 amide bonds. The van der Waals surface area contributed by atoms with Crippen molar-refractivity contribution in [1.82, 2.24) is 9.80 Å². The average molecular weight is 492 g/mol. The number of nitrogens with one attached hydrogen (secondary N) is 1. The van der Waals surface area contributed by atoms with Crippen LogP contribution in [0.2, 0.25) is 15.1 Å². The molecule has 0 atom stereocenters. The van der Waals surface area contributed by atoms with Crippen LogP contribution in [0, 0.1) is 0 Å². The lowest BCUT2D eigenvalue weighted by molar-refractivity contribution is -0.117. The molecule has 2 aromatic carbocycles. The van der Waals surface area contributed by atoms with Gasteiger partial charge in [-0.05, 0) is 35.9 Å². The van der Waals surface area contributed by atoms with Crippen LogP contribution in [0.3, 0.4) is 0 Å². The van der Waals surface area contributed by atoms with E-state index in [9.17, 15) is 4.79 Å². The van der Waals surface area contributed by atoms with Crippen LogP contribution in [0.4, 0.5) is 5.69 Å². The van der Waals surface area contributed by atoms with E-state index in [1.54, 1.807) is 18.2 Å². The van der Waals surface area contributed by atoms with E-state index in [2.05, 4.69) is 31.0 Å². The summed E-state index contributed by atoms with van der Waals surface area (Å²) in [7, 11) is 0. The minimum Gasteiger partial charge on any atom is -0.324 e. The molecule has 144 valence electrons. The molecule has 0 radical (unpaired) electrons. The van der Waals surface area contributed by atoms with E-state index >= 15 is 0 Å². The molecule has 8 heteroatoms. The summed E-state index contributed by atoms with van der Waals surface area (Å²) in [6.45, 7) is 4.54. The number of carbonyl (C=O) groups is 1. The van der Waals surface area contributed by atoms with Gasteiger partial charge in [-0.2, -0.15) is 0 Å². The highest BCUT2D eigenvalue weighted by Crippen LogP contribution is 2.26. The van der Waals surface area contributed by atoms with Gasteiger partial charge in [-0.1, -0.05) is 56.8 Å². The van der Waals surface area contributed by atoms with Crippen LogP contribution in [0.15, 0.2) is 40.9 Å². The number of carbonyl (C=O) groups excluding carboxylic acids is 1. The van der Waals surface area contributed by atoms with Crippen molar-refractivity contribution >= 4 is 62.3 Å². The maximum Gasteiger partial charge on any atom is 0.238 e. The lowest BCUT2D eigenvalue weighted by Crippen LogP contribution is -2.48. The molecule has 0 saturated carbocycles. The van der Waals surface area contributed by atoms with Crippen molar-refractivity contribution in [2.24, 2.45) is 0 Å². The van der Waals surface area contributed by atoms with Crippen molar-refractivity contribution in [2.45, 2.75) is 6.54 Å². The summed E-state index contributed by atoms with van der Waals surface area (Å²) in [6.07, 6.45) is 0. The molecule has 27 heavy (non-hydrogen) atoms. The van der Waals surface area contributed by atoms with Crippen molar-refractivity contribution in [3.8, 4) is 0 Å². The van der Waals surface area contributed by atoms with Gasteiger partial charge in [0.2, 0.25) is 5.91 Å². The van der Waals surface area contributed by atoms with Gasteiger partial charge in [0.25, 0.3) is 0 Å². The van der Waals surface area contributed by atoms with E-state index in [1.807, 2.05) is 18.2 Å². The quantitative estimate of drug-likeness (QED) is 0.627. The molecule has 0 aromatic heterocycles. The molecule has 3 rings (SSSR count). The van der Waals surface area contributed by atoms with Crippen molar-refractivity contribution in [3.05, 3.63) is 61.5 Å². The van der Waals surface area contributed by atoms with Crippen LogP contribution in [0.5, 0.6) is 0 Å². The van der Waals surface area contributed by atoms with Crippen molar-refractivity contribution < 1.29 is 4.79 Å². The molecule has 0 spiro atoms. The van der Waals surface area contributed by atoms with Gasteiger partial charge in [0, 0.05) is 47.2 Å². The van der Waals surface area contributed by atoms with Crippen LogP contribution in [-0.2, 0) is 11.3 Å². The first-order valence-corrected chi connectivity index (χ1v) is 10.5. The lowest BCUT2D eigenvalue weighted by atomic mass is 10.2. The summed E-state index contributed by atoms with van der Waals surface area (Å²) < 4.78 is 0.877. The number of hydrogen-bond acceptors (Lipinski definition) is 3. The Morgan fingerprint density at radius 2 is 1.67 bits per heavy atom. The zero-order valence-corrected chi connectivity index (χ0v) is 18.4. The predicted molar refractivity (Wildman–Crippen MR) is 116 cm³/mol. The highest BCUT2D eigenvalue weighted by atomic mass is 79.9. The highest BCUT2D eigenvalue weighted by molar-refractivity contribution is 9.10. The third-order valence-corrected chi connectivity index (χ3v) is 5.84. The maximum absolute atomic E-state index is 12.3. The molecule has 0 unspecified atom stereocenters. The average Bonchev–Trinajstić information content (AvgIpc) is 2.61. The smallest absolute Gasteiger partial charge is 0.238 e. The third kappa shape index (κ3) is 6.08. The van der Waals surface area contributed by atoms with Crippen molar-refractivity contribution in [2.75, 3.05) is 38.0 Å². The predicted octanol–water partition coefficient (Wildman–Crippen LogP) is 5.17. The Kier molecular flexibility index (Phi) is 7.42. The van der Waals surface area contributed by atoms with Crippen LogP contribution >= 0.6 is 50.7 Å². The van der Waals surface area contributed by atoms with Crippen LogP contribution < -0.4 is 5.32 Å². The summed E-state index contributed by atoms with van der Waals surface area (Å²) in [5.74, 6) is -0.0616. The van der Waals surface area contributed by atoms with Crippen LogP contribution in [-0.4, -0.2) is 48.4 Å². The first kappa shape index (κ1) is 20.9. The highest BCUT2D eigenvalue weighted by Gasteiger charge is 2.20. The van der Waals surface area contributed by atoms with Crippen molar-refractivity contribution in [1.29, 1.82) is 0 Å². The number of hydrogen-bond donors (Lipinski definition) is 1. The van der Waals surface area contributed by atoms with Gasteiger partial charge in [0.05, 0.1) is 17.3 Å². The number of benzene rings is 2. The molecule has 1 saturated heterocycles. The summed E-state index contributed by atoms with van der Waals surface area (Å²) in [5, 5.41) is 4.72. The first-order valence-electron chi connectivity index (χ1n) is 8.54. The van der Waals surface area contributed by atoms with Gasteiger partial charge in [0.15, 0.2) is 0 Å². The van der Waals surface area contributed by atoms with Crippen LogP contribution in [0.25, 0.3) is 0 Å². The van der Waals surface area contributed by atoms with Gasteiger partial charge >= 0.3 is 0 Å². The number of piperazine rings is 1. The summed E-state index contributed by atoms with van der Waals surface area (Å²) in [5.41, 5.74) is 1.69. The SMILES string of the molecule is O=C(CN1CCN(Cc2ccc(Cl)cc2Cl)CC1)Nc1ccc(Br)cc1Cl. The molecule has 1 fully saturated rings. The number of nitrogens with zero attached hydrogens (tertiary/aromatic N) is 2. The fourth-order valence-corrected chi connectivity index (χ4v) is 4.17. The first-order chi connectivity index (χ1) is 12.9. The van der Waals surface area contributed by atoms with Crippen LogP contribution in [0.1, 0.15) is 5.56 Å². The summed E-state index contributed by atoms with van der Waals surface area (Å²) >= 11 is 21.7. The molecular weight excluding hydrogens is 472 g/mol.